The van der Waals surface area contributed by atoms with E-state index in [9.17, 15) is 5.11 Å². The number of aryl methyl sites for hydroxylation is 1. The van der Waals surface area contributed by atoms with E-state index in [4.69, 9.17) is 4.74 Å². The SMILES string of the molecule is CCC1(CO)CCCN(Cc2ncc(C)c(OC)c2C)C1. The average molecular weight is 292 g/mol. The number of hydrogen-bond donors (Lipinski definition) is 1. The highest BCUT2D eigenvalue weighted by atomic mass is 16.5. The van der Waals surface area contributed by atoms with E-state index >= 15 is 0 Å². The van der Waals surface area contributed by atoms with Gasteiger partial charge < -0.3 is 9.84 Å². The Morgan fingerprint density at radius 3 is 2.81 bits per heavy atom. The van der Waals surface area contributed by atoms with Gasteiger partial charge in [-0.05, 0) is 39.7 Å². The fraction of sp³-hybridized carbons (Fsp3) is 0.706. The van der Waals surface area contributed by atoms with Crippen molar-refractivity contribution in [3.63, 3.8) is 0 Å². The third-order valence-corrected chi connectivity index (χ3v) is 4.95. The van der Waals surface area contributed by atoms with Crippen LogP contribution in [0.2, 0.25) is 0 Å². The minimum Gasteiger partial charge on any atom is -0.496 e. The van der Waals surface area contributed by atoms with Crippen LogP contribution < -0.4 is 4.74 Å². The van der Waals surface area contributed by atoms with Gasteiger partial charge in [0.15, 0.2) is 0 Å². The van der Waals surface area contributed by atoms with Gasteiger partial charge in [-0.2, -0.15) is 0 Å². The third-order valence-electron chi connectivity index (χ3n) is 4.95. The lowest BCUT2D eigenvalue weighted by Gasteiger charge is -2.41. The molecule has 21 heavy (non-hydrogen) atoms. The van der Waals surface area contributed by atoms with Crippen LogP contribution in [0.1, 0.15) is 43.0 Å². The highest BCUT2D eigenvalue weighted by molar-refractivity contribution is 5.41. The molecule has 2 heterocycles. The van der Waals surface area contributed by atoms with Crippen LogP contribution in [-0.4, -0.2) is 41.8 Å². The van der Waals surface area contributed by atoms with Crippen LogP contribution in [0.25, 0.3) is 0 Å². The number of nitrogens with zero attached hydrogens (tertiary/aromatic N) is 2. The van der Waals surface area contributed by atoms with Crippen molar-refractivity contribution in [2.45, 2.75) is 46.6 Å². The molecule has 0 amide bonds. The quantitative estimate of drug-likeness (QED) is 0.906. The zero-order valence-corrected chi connectivity index (χ0v) is 13.8. The number of piperidine rings is 1. The number of pyridine rings is 1. The van der Waals surface area contributed by atoms with Crippen LogP contribution in [0.15, 0.2) is 6.20 Å². The molecule has 1 atom stereocenters. The van der Waals surface area contributed by atoms with Gasteiger partial charge in [-0.1, -0.05) is 6.92 Å². The van der Waals surface area contributed by atoms with Crippen LogP contribution in [0.3, 0.4) is 0 Å². The Hall–Kier alpha value is -1.13. The number of aliphatic hydroxyl groups excluding tert-OH is 1. The summed E-state index contributed by atoms with van der Waals surface area (Å²) in [5.74, 6) is 0.945. The molecule has 1 aliphatic rings. The number of rotatable bonds is 5. The van der Waals surface area contributed by atoms with Crippen molar-refractivity contribution in [1.29, 1.82) is 0 Å². The van der Waals surface area contributed by atoms with Crippen molar-refractivity contribution < 1.29 is 9.84 Å². The van der Waals surface area contributed by atoms with Gasteiger partial charge in [0.05, 0.1) is 12.8 Å². The Balaban J connectivity index is 2.15. The van der Waals surface area contributed by atoms with Crippen LogP contribution in [0.4, 0.5) is 0 Å². The topological polar surface area (TPSA) is 45.6 Å². The molecule has 1 N–H and O–H groups in total. The number of hydrogen-bond acceptors (Lipinski definition) is 4. The molecule has 1 aromatic rings. The molecule has 0 bridgehead atoms. The van der Waals surface area contributed by atoms with E-state index in [0.717, 1.165) is 61.5 Å². The second-order valence-corrected chi connectivity index (χ2v) is 6.37. The molecule has 1 saturated heterocycles. The Morgan fingerprint density at radius 1 is 1.43 bits per heavy atom. The summed E-state index contributed by atoms with van der Waals surface area (Å²) in [5.41, 5.74) is 3.37. The summed E-state index contributed by atoms with van der Waals surface area (Å²) in [6, 6.07) is 0. The largest absolute Gasteiger partial charge is 0.496 e. The van der Waals surface area contributed by atoms with Crippen molar-refractivity contribution in [2.24, 2.45) is 5.41 Å². The summed E-state index contributed by atoms with van der Waals surface area (Å²) >= 11 is 0. The minimum atomic E-state index is 0.0704. The van der Waals surface area contributed by atoms with Crippen LogP contribution in [0, 0.1) is 19.3 Å². The van der Waals surface area contributed by atoms with Gasteiger partial charge in [-0.3, -0.25) is 9.88 Å². The first-order valence-corrected chi connectivity index (χ1v) is 7.87. The normalized spacial score (nSPS) is 23.3. The van der Waals surface area contributed by atoms with Gasteiger partial charge in [0.1, 0.15) is 5.75 Å². The Bertz CT molecular complexity index is 484. The Morgan fingerprint density at radius 2 is 2.19 bits per heavy atom. The van der Waals surface area contributed by atoms with E-state index < -0.39 is 0 Å². The maximum absolute atomic E-state index is 9.74. The van der Waals surface area contributed by atoms with Gasteiger partial charge in [-0.15, -0.1) is 0 Å². The van der Waals surface area contributed by atoms with Crippen molar-refractivity contribution in [1.82, 2.24) is 9.88 Å². The molecule has 118 valence electrons. The van der Waals surface area contributed by atoms with Crippen LogP contribution in [-0.2, 0) is 6.54 Å². The lowest BCUT2D eigenvalue weighted by Crippen LogP contribution is -2.44. The van der Waals surface area contributed by atoms with Gasteiger partial charge in [0.25, 0.3) is 0 Å². The molecule has 0 radical (unpaired) electrons. The maximum atomic E-state index is 9.74. The van der Waals surface area contributed by atoms with Crippen LogP contribution >= 0.6 is 0 Å². The molecule has 0 aliphatic carbocycles. The zero-order valence-electron chi connectivity index (χ0n) is 13.8. The van der Waals surface area contributed by atoms with E-state index in [1.54, 1.807) is 7.11 Å². The molecule has 2 rings (SSSR count). The van der Waals surface area contributed by atoms with E-state index in [1.165, 1.54) is 0 Å². The first-order valence-electron chi connectivity index (χ1n) is 7.87. The third kappa shape index (κ3) is 3.38. The summed E-state index contributed by atoms with van der Waals surface area (Å²) < 4.78 is 5.49. The first kappa shape index (κ1) is 16.2. The number of likely N-dealkylation sites (tertiary alicyclic amines) is 1. The number of methoxy groups -OCH3 is 1. The molecule has 1 fully saturated rings. The molecule has 0 spiro atoms. The first-order chi connectivity index (χ1) is 10.0. The summed E-state index contributed by atoms with van der Waals surface area (Å²) in [5, 5.41) is 9.74. The molecule has 1 aliphatic heterocycles. The van der Waals surface area contributed by atoms with Gasteiger partial charge in [0.2, 0.25) is 0 Å². The predicted molar refractivity (Wildman–Crippen MR) is 84.6 cm³/mol. The van der Waals surface area contributed by atoms with Crippen molar-refractivity contribution in [3.8, 4) is 5.75 Å². The Labute approximate surface area is 128 Å². The van der Waals surface area contributed by atoms with Gasteiger partial charge in [0, 0.05) is 42.4 Å². The van der Waals surface area contributed by atoms with Crippen molar-refractivity contribution in [3.05, 3.63) is 23.0 Å². The predicted octanol–water partition coefficient (Wildman–Crippen LogP) is 2.69. The molecule has 0 saturated carbocycles. The monoisotopic (exact) mass is 292 g/mol. The summed E-state index contributed by atoms with van der Waals surface area (Å²) in [6.07, 6.45) is 5.20. The number of ether oxygens (including phenoxy) is 1. The van der Waals surface area contributed by atoms with E-state index in [-0.39, 0.29) is 12.0 Å². The fourth-order valence-corrected chi connectivity index (χ4v) is 3.42. The second kappa shape index (κ2) is 6.75. The smallest absolute Gasteiger partial charge is 0.128 e. The summed E-state index contributed by atoms with van der Waals surface area (Å²) in [4.78, 5) is 7.02. The lowest BCUT2D eigenvalue weighted by molar-refractivity contribution is 0.0252. The molecule has 4 nitrogen and oxygen atoms in total. The lowest BCUT2D eigenvalue weighted by atomic mass is 9.78. The summed E-state index contributed by atoms with van der Waals surface area (Å²) in [7, 11) is 1.72. The van der Waals surface area contributed by atoms with Crippen LogP contribution in [0.5, 0.6) is 5.75 Å². The zero-order chi connectivity index (χ0) is 15.5. The summed E-state index contributed by atoms with van der Waals surface area (Å²) in [6.45, 7) is 9.44. The molecule has 1 unspecified atom stereocenters. The Kier molecular flexibility index (Phi) is 5.22. The molecular formula is C17H28N2O2. The standard InChI is InChI=1S/C17H28N2O2/c1-5-17(12-20)7-6-8-19(11-17)10-15-14(3)16(21-4)13(2)9-18-15/h9,20H,5-8,10-12H2,1-4H3. The van der Waals surface area contributed by atoms with E-state index in [0.29, 0.717) is 0 Å². The molecule has 0 aromatic carbocycles. The number of aromatic nitrogens is 1. The molecular weight excluding hydrogens is 264 g/mol. The fourth-order valence-electron chi connectivity index (χ4n) is 3.42. The molecule has 4 heteroatoms. The highest BCUT2D eigenvalue weighted by Crippen LogP contribution is 2.34. The van der Waals surface area contributed by atoms with Crippen molar-refractivity contribution >= 4 is 0 Å². The minimum absolute atomic E-state index is 0.0704. The van der Waals surface area contributed by atoms with Gasteiger partial charge in [-0.25, -0.2) is 0 Å². The number of aliphatic hydroxyl groups is 1. The molecule has 1 aromatic heterocycles. The van der Waals surface area contributed by atoms with Crippen molar-refractivity contribution in [2.75, 3.05) is 26.8 Å². The maximum Gasteiger partial charge on any atom is 0.128 e. The second-order valence-electron chi connectivity index (χ2n) is 6.37. The van der Waals surface area contributed by atoms with E-state index in [1.807, 2.05) is 13.1 Å². The average Bonchev–Trinajstić information content (AvgIpc) is 2.51. The highest BCUT2D eigenvalue weighted by Gasteiger charge is 2.33. The van der Waals surface area contributed by atoms with Gasteiger partial charge >= 0.3 is 0 Å². The van der Waals surface area contributed by atoms with E-state index in [2.05, 4.69) is 23.7 Å².